The number of rotatable bonds is 21. The topological polar surface area (TPSA) is 366 Å². The van der Waals surface area contributed by atoms with Gasteiger partial charge in [0.25, 0.3) is 10.1 Å². The number of carbonyl (C=O) groups excluding carboxylic acids is 2. The minimum atomic E-state index is -4.82. The second-order valence-electron chi connectivity index (χ2n) is 16.5. The van der Waals surface area contributed by atoms with Crippen molar-refractivity contribution in [3.63, 3.8) is 0 Å². The summed E-state index contributed by atoms with van der Waals surface area (Å²) in [7, 11) is -9.63. The largest absolute Gasteiger partial charge is 0.462 e. The molecule has 1 amide bonds. The number of hydrogen-bond acceptors (Lipinski definition) is 18. The van der Waals surface area contributed by atoms with Crippen molar-refractivity contribution in [2.75, 3.05) is 23.3 Å². The van der Waals surface area contributed by atoms with Gasteiger partial charge in [0.05, 0.1) is 23.8 Å². The lowest BCUT2D eigenvalue weighted by atomic mass is 9.99. The minimum Gasteiger partial charge on any atom is -0.462 e. The molecule has 0 aliphatic carbocycles. The van der Waals surface area contributed by atoms with E-state index in [-0.39, 0.29) is 84.7 Å². The molecule has 0 spiro atoms. The van der Waals surface area contributed by atoms with Crippen molar-refractivity contribution in [3.8, 4) is 11.5 Å². The van der Waals surface area contributed by atoms with E-state index in [0.29, 0.717) is 11.1 Å². The van der Waals surface area contributed by atoms with Crippen LogP contribution >= 0.6 is 0 Å². The number of anilines is 2. The van der Waals surface area contributed by atoms with E-state index in [0.717, 1.165) is 5.56 Å². The summed E-state index contributed by atoms with van der Waals surface area (Å²) >= 11 is 0. The number of carbonyl (C=O) groups is 2. The highest BCUT2D eigenvalue weighted by atomic mass is 32.2. The smallest absolute Gasteiger partial charge is 0.357 e. The third kappa shape index (κ3) is 14.5. The Kier molecular flexibility index (Phi) is 17.9. The van der Waals surface area contributed by atoms with Gasteiger partial charge >= 0.3 is 10.3 Å². The van der Waals surface area contributed by atoms with Gasteiger partial charge in [0.1, 0.15) is 66.1 Å². The van der Waals surface area contributed by atoms with Crippen LogP contribution in [0.2, 0.25) is 0 Å². The summed E-state index contributed by atoms with van der Waals surface area (Å²) < 4.78 is 92.5. The lowest BCUT2D eigenvalue weighted by Gasteiger charge is -2.39. The van der Waals surface area contributed by atoms with Crippen LogP contribution in [-0.4, -0.2) is 153 Å². The zero-order valence-corrected chi connectivity index (χ0v) is 38.2. The van der Waals surface area contributed by atoms with Gasteiger partial charge in [-0.2, -0.15) is 16.8 Å². The first-order chi connectivity index (χ1) is 32.6. The van der Waals surface area contributed by atoms with Gasteiger partial charge in [-0.1, -0.05) is 42.5 Å². The molecule has 0 aromatic heterocycles. The molecule has 4 aromatic carbocycles. The highest BCUT2D eigenvalue weighted by molar-refractivity contribution is 7.87. The van der Waals surface area contributed by atoms with Gasteiger partial charge in [0.15, 0.2) is 0 Å². The van der Waals surface area contributed by atoms with Gasteiger partial charge < -0.3 is 65.1 Å². The van der Waals surface area contributed by atoms with E-state index in [9.17, 15) is 76.4 Å². The third-order valence-corrected chi connectivity index (χ3v) is 12.9. The molecule has 6 rings (SSSR count). The van der Waals surface area contributed by atoms with Crippen molar-refractivity contribution in [2.24, 2.45) is 0 Å². The second-order valence-corrected chi connectivity index (χ2v) is 19.1. The molecule has 22 nitrogen and oxygen atoms in total. The molecule has 376 valence electrons. The summed E-state index contributed by atoms with van der Waals surface area (Å²) in [6.07, 6.45) is -14.3. The lowest BCUT2D eigenvalue weighted by molar-refractivity contribution is -0.277. The molecule has 0 saturated carbocycles. The summed E-state index contributed by atoms with van der Waals surface area (Å²) in [6.45, 7) is -1.24. The molecule has 2 aliphatic rings. The van der Waals surface area contributed by atoms with Gasteiger partial charge in [0, 0.05) is 24.9 Å². The normalized spacial score (nSPS) is 25.1. The Morgan fingerprint density at radius 3 is 1.54 bits per heavy atom. The molecule has 2 saturated heterocycles. The zero-order chi connectivity index (χ0) is 50.2. The number of aliphatic hydroxyl groups is 8. The number of ether oxygens (including phenoxy) is 4. The zero-order valence-electron chi connectivity index (χ0n) is 36.6. The summed E-state index contributed by atoms with van der Waals surface area (Å²) in [5.74, 6) is -0.249. The maximum Gasteiger partial charge on any atom is 0.357 e. The average Bonchev–Trinajstić information content (AvgIpc) is 3.30. The fraction of sp³-hybridized carbons (Fsp3) is 0.422. The summed E-state index contributed by atoms with van der Waals surface area (Å²) in [4.78, 5) is 25.5. The van der Waals surface area contributed by atoms with Crippen LogP contribution < -0.4 is 19.5 Å². The lowest BCUT2D eigenvalue weighted by Crippen LogP contribution is -2.60. The molecular formula is C45H54N2O20S2. The molecular weight excluding hydrogens is 953 g/mol. The Hall–Kier alpha value is -5.16. The van der Waals surface area contributed by atoms with Crippen LogP contribution in [0.15, 0.2) is 89.8 Å². The van der Waals surface area contributed by atoms with Gasteiger partial charge in [-0.25, -0.2) is 0 Å². The molecule has 4 aromatic rings. The fourth-order valence-corrected chi connectivity index (χ4v) is 8.95. The first-order valence-electron chi connectivity index (χ1n) is 21.5. The van der Waals surface area contributed by atoms with E-state index < -0.39 is 106 Å². The third-order valence-electron chi connectivity index (χ3n) is 11.5. The Morgan fingerprint density at radius 1 is 0.565 bits per heavy atom. The maximum atomic E-state index is 13.0. The van der Waals surface area contributed by atoms with Crippen molar-refractivity contribution in [2.45, 2.75) is 111 Å². The molecule has 69 heavy (non-hydrogen) atoms. The van der Waals surface area contributed by atoms with Gasteiger partial charge in [-0.15, -0.1) is 0 Å². The SMILES string of the molecule is O=C(CCc1ccc(O[C@@H]2OC(CO)[C@H](O)[C@H](O)C2O)cc1)Cc1ccc(CCc2ccc(NC(=O)CCc3ccc(O[C@@H]4OC(CO)[C@H](O)[C@H](O)C4O)cc3)cc2NS(=O)(=O)O)c(S(=O)(=O)O)c1. The van der Waals surface area contributed by atoms with E-state index in [2.05, 4.69) is 5.32 Å². The van der Waals surface area contributed by atoms with Crippen LogP contribution in [-0.2, 0) is 71.6 Å². The van der Waals surface area contributed by atoms with Crippen molar-refractivity contribution >= 4 is 43.5 Å². The first-order valence-corrected chi connectivity index (χ1v) is 24.4. The molecule has 2 heterocycles. The van der Waals surface area contributed by atoms with E-state index in [1.165, 1.54) is 60.7 Å². The van der Waals surface area contributed by atoms with Gasteiger partial charge in [-0.3, -0.25) is 23.4 Å². The molecule has 0 bridgehead atoms. The quantitative estimate of drug-likeness (QED) is 0.0473. The molecule has 4 unspecified atom stereocenters. The van der Waals surface area contributed by atoms with Crippen molar-refractivity contribution in [1.82, 2.24) is 0 Å². The summed E-state index contributed by atoms with van der Waals surface area (Å²) in [5, 5.41) is 81.9. The number of aliphatic hydroxyl groups excluding tert-OH is 8. The highest BCUT2D eigenvalue weighted by Crippen LogP contribution is 2.29. The highest BCUT2D eigenvalue weighted by Gasteiger charge is 2.46. The van der Waals surface area contributed by atoms with Crippen LogP contribution in [0.3, 0.4) is 0 Å². The van der Waals surface area contributed by atoms with E-state index in [1.807, 2.05) is 4.72 Å². The predicted molar refractivity (Wildman–Crippen MR) is 241 cm³/mol. The Morgan fingerprint density at radius 2 is 1.04 bits per heavy atom. The molecule has 12 N–H and O–H groups in total. The predicted octanol–water partition coefficient (Wildman–Crippen LogP) is -0.394. The van der Waals surface area contributed by atoms with Crippen molar-refractivity contribution in [3.05, 3.63) is 113 Å². The van der Waals surface area contributed by atoms with Crippen LogP contribution in [0.1, 0.15) is 40.7 Å². The number of nitrogens with one attached hydrogen (secondary N) is 2. The number of hydrogen-bond donors (Lipinski definition) is 12. The number of amides is 1. The molecule has 2 aliphatic heterocycles. The fourth-order valence-electron chi connectivity index (χ4n) is 7.68. The van der Waals surface area contributed by atoms with Gasteiger partial charge in [-0.05, 0) is 96.0 Å². The van der Waals surface area contributed by atoms with Crippen LogP contribution in [0, 0.1) is 0 Å². The van der Waals surface area contributed by atoms with Crippen molar-refractivity contribution in [1.29, 1.82) is 0 Å². The molecule has 0 radical (unpaired) electrons. The first kappa shape index (κ1) is 53.2. The Bertz CT molecular complexity index is 2610. The Labute approximate surface area is 396 Å². The van der Waals surface area contributed by atoms with Crippen molar-refractivity contribution < 1.29 is 95.3 Å². The standard InChI is InChI=1S/C45H54N2O20S2/c48-22-34-38(52)40(54)42(56)44(66-34)64-31-14-3-24(4-15-31)2-13-30(50)19-26-1-8-28(36(20-26)68(58,59)60)10-9-27-11-12-29(21-33(27)47-69(61,62)63)46-37(51)18-7-25-5-16-32(17-6-25)65-45-43(57)41(55)39(53)35(23-49)67-45/h1,3-6,8,11-12,14-17,20-21,34-35,38-45,47-49,52-57H,2,7,9-10,13,18-19,22-23H2,(H,46,51)(H,58,59,60)(H,61,62,63)/t34?,35?,38-,39-,40-,41-,42?,43?,44+,45+/m0/s1. The minimum absolute atomic E-state index is 0.0185. The number of Topliss-reactive ketones (excluding diaryl/α,β-unsaturated/α-hetero) is 1. The van der Waals surface area contributed by atoms with Crippen LogP contribution in [0.5, 0.6) is 11.5 Å². The number of benzene rings is 4. The van der Waals surface area contributed by atoms with Crippen LogP contribution in [0.4, 0.5) is 11.4 Å². The molecule has 2 fully saturated rings. The summed E-state index contributed by atoms with van der Waals surface area (Å²) in [6, 6.07) is 21.0. The van der Waals surface area contributed by atoms with Crippen LogP contribution in [0.25, 0.3) is 0 Å². The molecule has 10 atom stereocenters. The maximum absolute atomic E-state index is 13.0. The monoisotopic (exact) mass is 1010 g/mol. The Balaban J connectivity index is 1.02. The van der Waals surface area contributed by atoms with Gasteiger partial charge in [0.2, 0.25) is 18.5 Å². The summed E-state index contributed by atoms with van der Waals surface area (Å²) in [5.41, 5.74) is 2.18. The molecule has 24 heteroatoms. The number of ketones is 1. The number of aryl methyl sites for hydroxylation is 4. The van der Waals surface area contributed by atoms with E-state index in [4.69, 9.17) is 18.9 Å². The average molecular weight is 1010 g/mol. The second kappa shape index (κ2) is 23.2. The van der Waals surface area contributed by atoms with E-state index >= 15 is 0 Å². The van der Waals surface area contributed by atoms with E-state index in [1.54, 1.807) is 24.3 Å².